The third-order valence-corrected chi connectivity index (χ3v) is 4.22. The number of aryl methyl sites for hydroxylation is 1. The molecule has 112 valence electrons. The van der Waals surface area contributed by atoms with Crippen molar-refractivity contribution in [2.75, 3.05) is 26.3 Å². The lowest BCUT2D eigenvalue weighted by atomic mass is 10.1. The molecule has 5 nitrogen and oxygen atoms in total. The second-order valence-corrected chi connectivity index (χ2v) is 6.04. The summed E-state index contributed by atoms with van der Waals surface area (Å²) >= 11 is 3.43. The van der Waals surface area contributed by atoms with E-state index in [2.05, 4.69) is 15.9 Å². The maximum atomic E-state index is 12.6. The number of benzene rings is 1. The van der Waals surface area contributed by atoms with Gasteiger partial charge in [0.2, 0.25) is 0 Å². The van der Waals surface area contributed by atoms with E-state index in [9.17, 15) is 4.79 Å². The fourth-order valence-electron chi connectivity index (χ4n) is 2.55. The van der Waals surface area contributed by atoms with Crippen LogP contribution >= 0.6 is 15.9 Å². The van der Waals surface area contributed by atoms with E-state index in [1.165, 1.54) is 0 Å². The van der Waals surface area contributed by atoms with Gasteiger partial charge in [0.1, 0.15) is 5.58 Å². The van der Waals surface area contributed by atoms with Gasteiger partial charge in [0.05, 0.1) is 19.3 Å². The monoisotopic (exact) mass is 353 g/mol. The minimum atomic E-state index is -0.318. The summed E-state index contributed by atoms with van der Waals surface area (Å²) in [6, 6.07) is 5.68. The van der Waals surface area contributed by atoms with Crippen LogP contribution in [0.2, 0.25) is 0 Å². The molecule has 0 spiro atoms. The first-order valence-corrected chi connectivity index (χ1v) is 7.60. The Balaban J connectivity index is 1.92. The van der Waals surface area contributed by atoms with Crippen molar-refractivity contribution in [3.05, 3.63) is 34.0 Å². The predicted molar refractivity (Wildman–Crippen MR) is 81.4 cm³/mol. The summed E-state index contributed by atoms with van der Waals surface area (Å²) in [7, 11) is 0. The van der Waals surface area contributed by atoms with Crippen LogP contribution < -0.4 is 0 Å². The Kier molecular flexibility index (Phi) is 4.01. The van der Waals surface area contributed by atoms with Crippen molar-refractivity contribution in [3.63, 3.8) is 0 Å². The lowest BCUT2D eigenvalue weighted by Gasteiger charge is -2.31. The molecule has 6 heteroatoms. The average molecular weight is 354 g/mol. The van der Waals surface area contributed by atoms with Crippen molar-refractivity contribution in [1.82, 2.24) is 4.90 Å². The number of amides is 1. The van der Waals surface area contributed by atoms with E-state index >= 15 is 0 Å². The maximum absolute atomic E-state index is 12.6. The van der Waals surface area contributed by atoms with Gasteiger partial charge in [-0.2, -0.15) is 0 Å². The fraction of sp³-hybridized carbons (Fsp3) is 0.400. The fourth-order valence-corrected chi connectivity index (χ4v) is 2.92. The normalized spacial score (nSPS) is 19.2. The number of hydrogen-bond acceptors (Lipinski definition) is 4. The molecule has 1 fully saturated rings. The zero-order valence-corrected chi connectivity index (χ0v) is 13.2. The topological polar surface area (TPSA) is 62.9 Å². The molecule has 0 bridgehead atoms. The molecule has 2 heterocycles. The number of halogens is 1. The average Bonchev–Trinajstić information content (AvgIpc) is 2.83. The molecule has 1 aromatic heterocycles. The van der Waals surface area contributed by atoms with Gasteiger partial charge < -0.3 is 19.2 Å². The van der Waals surface area contributed by atoms with Gasteiger partial charge in [0.15, 0.2) is 5.76 Å². The number of furan rings is 1. The van der Waals surface area contributed by atoms with Crippen molar-refractivity contribution in [3.8, 4) is 0 Å². The molecule has 1 N–H and O–H groups in total. The van der Waals surface area contributed by atoms with Crippen LogP contribution in [0.1, 0.15) is 16.1 Å². The number of carbonyl (C=O) groups excluding carboxylic acids is 1. The molecular weight excluding hydrogens is 338 g/mol. The van der Waals surface area contributed by atoms with Crippen molar-refractivity contribution in [2.45, 2.75) is 13.0 Å². The Hall–Kier alpha value is -1.37. The van der Waals surface area contributed by atoms with Gasteiger partial charge in [-0.1, -0.05) is 15.9 Å². The highest BCUT2D eigenvalue weighted by Crippen LogP contribution is 2.29. The summed E-state index contributed by atoms with van der Waals surface area (Å²) in [5, 5.41) is 10.1. The molecule has 1 aromatic carbocycles. The number of aliphatic hydroxyl groups is 1. The van der Waals surface area contributed by atoms with Crippen LogP contribution in [0.3, 0.4) is 0 Å². The second kappa shape index (κ2) is 5.79. The van der Waals surface area contributed by atoms with E-state index in [0.29, 0.717) is 31.0 Å². The smallest absolute Gasteiger partial charge is 0.290 e. The molecule has 1 aliphatic rings. The first kappa shape index (κ1) is 14.6. The number of carbonyl (C=O) groups is 1. The van der Waals surface area contributed by atoms with Crippen LogP contribution in [0.25, 0.3) is 11.0 Å². The predicted octanol–water partition coefficient (Wildman–Crippen LogP) is 2.34. The summed E-state index contributed by atoms with van der Waals surface area (Å²) in [4.78, 5) is 14.3. The summed E-state index contributed by atoms with van der Waals surface area (Å²) < 4.78 is 12.0. The SMILES string of the molecule is Cc1c(C(=O)N2CCOC(CO)C2)oc2ccc(Br)cc12. The quantitative estimate of drug-likeness (QED) is 0.899. The van der Waals surface area contributed by atoms with E-state index in [-0.39, 0.29) is 18.6 Å². The number of aliphatic hydroxyl groups excluding tert-OH is 1. The van der Waals surface area contributed by atoms with Crippen molar-refractivity contribution >= 4 is 32.8 Å². The van der Waals surface area contributed by atoms with Crippen molar-refractivity contribution in [1.29, 1.82) is 0 Å². The Bertz CT molecular complexity index is 682. The first-order valence-electron chi connectivity index (χ1n) is 6.80. The summed E-state index contributed by atoms with van der Waals surface area (Å²) in [5.41, 5.74) is 1.54. The van der Waals surface area contributed by atoms with Crippen LogP contribution in [-0.2, 0) is 4.74 Å². The molecule has 0 radical (unpaired) electrons. The maximum Gasteiger partial charge on any atom is 0.290 e. The van der Waals surface area contributed by atoms with Gasteiger partial charge in [0, 0.05) is 28.5 Å². The zero-order chi connectivity index (χ0) is 15.0. The third-order valence-electron chi connectivity index (χ3n) is 3.72. The highest BCUT2D eigenvalue weighted by Gasteiger charge is 2.28. The Morgan fingerprint density at radius 1 is 1.52 bits per heavy atom. The molecule has 3 rings (SSSR count). The third kappa shape index (κ3) is 2.71. The molecule has 1 saturated heterocycles. The van der Waals surface area contributed by atoms with Gasteiger partial charge in [-0.15, -0.1) is 0 Å². The van der Waals surface area contributed by atoms with Crippen LogP contribution in [0.5, 0.6) is 0 Å². The minimum Gasteiger partial charge on any atom is -0.451 e. The standard InChI is InChI=1S/C15H16BrNO4/c1-9-12-6-10(16)2-3-13(12)21-14(9)15(19)17-4-5-20-11(7-17)8-18/h2-3,6,11,18H,4-5,7-8H2,1H3. The highest BCUT2D eigenvalue weighted by molar-refractivity contribution is 9.10. The zero-order valence-electron chi connectivity index (χ0n) is 11.6. The van der Waals surface area contributed by atoms with Gasteiger partial charge >= 0.3 is 0 Å². The molecular formula is C15H16BrNO4. The lowest BCUT2D eigenvalue weighted by Crippen LogP contribution is -2.46. The molecule has 1 aliphatic heterocycles. The van der Waals surface area contributed by atoms with Crippen LogP contribution in [0.15, 0.2) is 27.1 Å². The van der Waals surface area contributed by atoms with E-state index in [4.69, 9.17) is 14.3 Å². The van der Waals surface area contributed by atoms with E-state index < -0.39 is 0 Å². The van der Waals surface area contributed by atoms with E-state index in [1.54, 1.807) is 4.90 Å². The van der Waals surface area contributed by atoms with Crippen LogP contribution in [-0.4, -0.2) is 48.3 Å². The van der Waals surface area contributed by atoms with Gasteiger partial charge in [0.25, 0.3) is 5.91 Å². The van der Waals surface area contributed by atoms with Crippen LogP contribution in [0, 0.1) is 6.92 Å². The van der Waals surface area contributed by atoms with Crippen LogP contribution in [0.4, 0.5) is 0 Å². The molecule has 1 unspecified atom stereocenters. The number of hydrogen-bond donors (Lipinski definition) is 1. The molecule has 0 saturated carbocycles. The van der Waals surface area contributed by atoms with Gasteiger partial charge in [-0.25, -0.2) is 0 Å². The van der Waals surface area contributed by atoms with Gasteiger partial charge in [-0.3, -0.25) is 4.79 Å². The Morgan fingerprint density at radius 2 is 2.33 bits per heavy atom. The number of rotatable bonds is 2. The molecule has 2 aromatic rings. The lowest BCUT2D eigenvalue weighted by molar-refractivity contribution is -0.0453. The summed E-state index contributed by atoms with van der Waals surface area (Å²) in [5.74, 6) is 0.211. The number of ether oxygens (including phenoxy) is 1. The van der Waals surface area contributed by atoms with Crippen molar-refractivity contribution in [2.24, 2.45) is 0 Å². The first-order chi connectivity index (χ1) is 10.1. The molecule has 1 amide bonds. The number of fused-ring (bicyclic) bond motifs is 1. The number of morpholine rings is 1. The molecule has 0 aliphatic carbocycles. The Labute approximate surface area is 130 Å². The molecule has 1 atom stereocenters. The van der Waals surface area contributed by atoms with Crippen molar-refractivity contribution < 1.29 is 19.1 Å². The van der Waals surface area contributed by atoms with E-state index in [0.717, 1.165) is 15.4 Å². The second-order valence-electron chi connectivity index (χ2n) is 5.12. The minimum absolute atomic E-state index is 0.0875. The summed E-state index contributed by atoms with van der Waals surface area (Å²) in [6.45, 7) is 3.12. The largest absolute Gasteiger partial charge is 0.451 e. The summed E-state index contributed by atoms with van der Waals surface area (Å²) in [6.07, 6.45) is -0.318. The van der Waals surface area contributed by atoms with Gasteiger partial charge in [-0.05, 0) is 25.1 Å². The highest BCUT2D eigenvalue weighted by atomic mass is 79.9. The Morgan fingerprint density at radius 3 is 3.10 bits per heavy atom. The van der Waals surface area contributed by atoms with E-state index in [1.807, 2.05) is 25.1 Å². The number of nitrogens with zero attached hydrogens (tertiary/aromatic N) is 1. The molecule has 21 heavy (non-hydrogen) atoms.